The molecule has 3 aromatic rings. The van der Waals surface area contributed by atoms with E-state index in [0.717, 1.165) is 0 Å². The van der Waals surface area contributed by atoms with Gasteiger partial charge in [0.05, 0.1) is 22.0 Å². The molecule has 162 valence electrons. The molecule has 2 heterocycles. The molecule has 0 spiro atoms. The van der Waals surface area contributed by atoms with Gasteiger partial charge in [0.2, 0.25) is 0 Å². The predicted molar refractivity (Wildman–Crippen MR) is 113 cm³/mol. The highest BCUT2D eigenvalue weighted by Gasteiger charge is 2.30. The lowest BCUT2D eigenvalue weighted by Gasteiger charge is -2.13. The van der Waals surface area contributed by atoms with E-state index in [0.29, 0.717) is 30.0 Å². The van der Waals surface area contributed by atoms with E-state index in [4.69, 9.17) is 16.3 Å². The van der Waals surface area contributed by atoms with E-state index < -0.39 is 17.4 Å². The van der Waals surface area contributed by atoms with Crippen LogP contribution in [0.1, 0.15) is 35.6 Å². The van der Waals surface area contributed by atoms with Gasteiger partial charge in [0.25, 0.3) is 5.91 Å². The Balaban J connectivity index is 1.79. The molecule has 1 aliphatic heterocycles. The quantitative estimate of drug-likeness (QED) is 0.628. The summed E-state index contributed by atoms with van der Waals surface area (Å²) in [5, 5.41) is 16.3. The molecule has 0 saturated carbocycles. The predicted octanol–water partition coefficient (Wildman–Crippen LogP) is 2.91. The minimum Gasteiger partial charge on any atom is -0.489 e. The first kappa shape index (κ1) is 21.1. The molecule has 10 heteroatoms. The van der Waals surface area contributed by atoms with Crippen molar-refractivity contribution >= 4 is 23.2 Å². The number of amides is 1. The Morgan fingerprint density at radius 1 is 1.39 bits per heavy atom. The lowest BCUT2D eigenvalue weighted by molar-refractivity contribution is 0.102. The van der Waals surface area contributed by atoms with Crippen molar-refractivity contribution in [3.05, 3.63) is 68.6 Å². The van der Waals surface area contributed by atoms with Gasteiger partial charge in [-0.05, 0) is 38.1 Å². The minimum absolute atomic E-state index is 0.0732. The summed E-state index contributed by atoms with van der Waals surface area (Å²) in [5.41, 5.74) is 0.763. The molecule has 0 saturated heterocycles. The minimum atomic E-state index is -0.656. The third-order valence-corrected chi connectivity index (χ3v) is 5.43. The smallest absolute Gasteiger partial charge is 0.350 e. The number of carbonyl (C=O) groups excluding carboxylic acids is 1. The van der Waals surface area contributed by atoms with Gasteiger partial charge in [-0.1, -0.05) is 17.7 Å². The molecule has 1 unspecified atom stereocenters. The van der Waals surface area contributed by atoms with Gasteiger partial charge in [-0.3, -0.25) is 9.36 Å². The SMILES string of the molecule is CCn1c(CO)nn(-c2ccc(C(=O)Nc3c(F)cccc3Cl)c3c2CC(C)O3)c1=O. The third kappa shape index (κ3) is 3.60. The molecule has 0 radical (unpaired) electrons. The van der Waals surface area contributed by atoms with E-state index in [-0.39, 0.29) is 34.8 Å². The van der Waals surface area contributed by atoms with Crippen LogP contribution in [0.25, 0.3) is 5.69 Å². The van der Waals surface area contributed by atoms with Crippen molar-refractivity contribution in [3.8, 4) is 11.4 Å². The van der Waals surface area contributed by atoms with Gasteiger partial charge >= 0.3 is 5.69 Å². The second kappa shape index (κ2) is 8.16. The lowest BCUT2D eigenvalue weighted by atomic mass is 10.0. The molecule has 1 aliphatic rings. The van der Waals surface area contributed by atoms with Gasteiger partial charge < -0.3 is 15.2 Å². The van der Waals surface area contributed by atoms with E-state index in [9.17, 15) is 19.1 Å². The molecule has 1 atom stereocenters. The number of aromatic nitrogens is 3. The molecule has 2 aromatic carbocycles. The summed E-state index contributed by atoms with van der Waals surface area (Å²) < 4.78 is 22.5. The number of ether oxygens (including phenoxy) is 1. The Hall–Kier alpha value is -3.17. The van der Waals surface area contributed by atoms with Crippen LogP contribution in [0.3, 0.4) is 0 Å². The van der Waals surface area contributed by atoms with Crippen LogP contribution in [-0.2, 0) is 19.6 Å². The van der Waals surface area contributed by atoms with Crippen molar-refractivity contribution in [1.82, 2.24) is 14.3 Å². The van der Waals surface area contributed by atoms with Crippen molar-refractivity contribution in [2.24, 2.45) is 0 Å². The van der Waals surface area contributed by atoms with Crippen LogP contribution < -0.4 is 15.7 Å². The lowest BCUT2D eigenvalue weighted by Crippen LogP contribution is -2.24. The molecule has 0 bridgehead atoms. The number of carbonyl (C=O) groups is 1. The standard InChI is InChI=1S/C21H20ClFN4O4/c1-3-26-17(10-28)25-27(21(26)30)16-8-7-12(19-13(16)9-11(2)31-19)20(29)24-18-14(22)5-4-6-15(18)23/h4-8,11,28H,3,9-10H2,1-2H3,(H,24,29). The summed E-state index contributed by atoms with van der Waals surface area (Å²) >= 11 is 6.01. The maximum atomic E-state index is 14.1. The van der Waals surface area contributed by atoms with Crippen molar-refractivity contribution < 1.29 is 19.0 Å². The van der Waals surface area contributed by atoms with Crippen LogP contribution >= 0.6 is 11.6 Å². The van der Waals surface area contributed by atoms with E-state index in [1.165, 1.54) is 33.5 Å². The number of rotatable bonds is 5. The average Bonchev–Trinajstić information content (AvgIpc) is 3.28. The van der Waals surface area contributed by atoms with Gasteiger partial charge in [-0.25, -0.2) is 9.18 Å². The van der Waals surface area contributed by atoms with Gasteiger partial charge in [-0.15, -0.1) is 5.10 Å². The second-order valence-electron chi connectivity index (χ2n) is 7.14. The Labute approximate surface area is 181 Å². The second-order valence-corrected chi connectivity index (χ2v) is 7.54. The van der Waals surface area contributed by atoms with E-state index in [1.54, 1.807) is 13.0 Å². The molecule has 0 fully saturated rings. The van der Waals surface area contributed by atoms with Crippen LogP contribution in [0.15, 0.2) is 35.1 Å². The van der Waals surface area contributed by atoms with Gasteiger partial charge in [0, 0.05) is 18.5 Å². The van der Waals surface area contributed by atoms with Gasteiger partial charge in [-0.2, -0.15) is 4.68 Å². The largest absolute Gasteiger partial charge is 0.489 e. The first-order valence-corrected chi connectivity index (χ1v) is 10.1. The van der Waals surface area contributed by atoms with E-state index in [1.807, 2.05) is 6.92 Å². The Bertz CT molecular complexity index is 1220. The summed E-state index contributed by atoms with van der Waals surface area (Å²) in [7, 11) is 0. The number of nitrogens with zero attached hydrogens (tertiary/aromatic N) is 3. The molecular weight excluding hydrogens is 427 g/mol. The number of hydrogen-bond acceptors (Lipinski definition) is 5. The number of aliphatic hydroxyl groups is 1. The van der Waals surface area contributed by atoms with Crippen molar-refractivity contribution in [2.45, 2.75) is 39.5 Å². The zero-order chi connectivity index (χ0) is 22.3. The molecule has 1 aromatic heterocycles. The highest BCUT2D eigenvalue weighted by molar-refractivity contribution is 6.34. The summed E-state index contributed by atoms with van der Waals surface area (Å²) in [6, 6.07) is 7.20. The fourth-order valence-corrected chi connectivity index (χ4v) is 3.89. The van der Waals surface area contributed by atoms with E-state index in [2.05, 4.69) is 10.4 Å². The maximum Gasteiger partial charge on any atom is 0.350 e. The average molecular weight is 447 g/mol. The number of halogens is 2. The summed E-state index contributed by atoms with van der Waals surface area (Å²) in [5.74, 6) is -0.703. The summed E-state index contributed by atoms with van der Waals surface area (Å²) in [6.07, 6.45) is 0.215. The fraction of sp³-hybridized carbons (Fsp3) is 0.286. The van der Waals surface area contributed by atoms with Crippen molar-refractivity contribution in [1.29, 1.82) is 0 Å². The molecule has 8 nitrogen and oxygen atoms in total. The monoisotopic (exact) mass is 446 g/mol. The number of fused-ring (bicyclic) bond motifs is 1. The third-order valence-electron chi connectivity index (χ3n) is 5.12. The zero-order valence-corrected chi connectivity index (χ0v) is 17.6. The number of anilines is 1. The maximum absolute atomic E-state index is 14.1. The zero-order valence-electron chi connectivity index (χ0n) is 16.9. The highest BCUT2D eigenvalue weighted by atomic mass is 35.5. The Kier molecular flexibility index (Phi) is 5.55. The number of hydrogen-bond donors (Lipinski definition) is 2. The molecule has 31 heavy (non-hydrogen) atoms. The Morgan fingerprint density at radius 3 is 2.81 bits per heavy atom. The van der Waals surface area contributed by atoms with Crippen LogP contribution in [0.5, 0.6) is 5.75 Å². The topological polar surface area (TPSA) is 98.4 Å². The number of benzene rings is 2. The molecule has 2 N–H and O–H groups in total. The molecule has 0 aliphatic carbocycles. The molecule has 1 amide bonds. The number of nitrogens with one attached hydrogen (secondary N) is 1. The molecular formula is C21H20ClFN4O4. The van der Waals surface area contributed by atoms with Gasteiger partial charge in [0.1, 0.15) is 24.3 Å². The van der Waals surface area contributed by atoms with Crippen molar-refractivity contribution in [3.63, 3.8) is 0 Å². The number of para-hydroxylation sites is 1. The summed E-state index contributed by atoms with van der Waals surface area (Å²) in [6.45, 7) is 3.60. The first-order valence-electron chi connectivity index (χ1n) is 9.73. The van der Waals surface area contributed by atoms with Crippen molar-refractivity contribution in [2.75, 3.05) is 5.32 Å². The Morgan fingerprint density at radius 2 is 2.16 bits per heavy atom. The van der Waals surface area contributed by atoms with Crippen LogP contribution in [-0.4, -0.2) is 31.5 Å². The van der Waals surface area contributed by atoms with Crippen LogP contribution in [0, 0.1) is 5.82 Å². The fourth-order valence-electron chi connectivity index (χ4n) is 3.68. The summed E-state index contributed by atoms with van der Waals surface area (Å²) in [4.78, 5) is 25.7. The van der Waals surface area contributed by atoms with E-state index >= 15 is 0 Å². The van der Waals surface area contributed by atoms with Crippen LogP contribution in [0.2, 0.25) is 5.02 Å². The highest BCUT2D eigenvalue weighted by Crippen LogP contribution is 2.37. The molecule has 4 rings (SSSR count). The normalized spacial score (nSPS) is 14.9. The van der Waals surface area contributed by atoms with Crippen LogP contribution in [0.4, 0.5) is 10.1 Å². The first-order chi connectivity index (χ1) is 14.8. The number of aliphatic hydroxyl groups excluding tert-OH is 1. The van der Waals surface area contributed by atoms with Gasteiger partial charge in [0.15, 0.2) is 5.82 Å².